The van der Waals surface area contributed by atoms with Crippen LogP contribution in [0.15, 0.2) is 16.8 Å². The van der Waals surface area contributed by atoms with Gasteiger partial charge in [-0.15, -0.1) is 0 Å². The smallest absolute Gasteiger partial charge is 0.407 e. The zero-order valence-corrected chi connectivity index (χ0v) is 18.8. The molecule has 0 aromatic heterocycles. The van der Waals surface area contributed by atoms with Crippen LogP contribution in [-0.2, 0) is 19.1 Å². The number of nitrogens with one attached hydrogen (secondary N) is 2. The second kappa shape index (κ2) is 10.9. The van der Waals surface area contributed by atoms with E-state index < -0.39 is 35.8 Å². The second-order valence-electron chi connectivity index (χ2n) is 8.32. The van der Waals surface area contributed by atoms with E-state index in [4.69, 9.17) is 15.0 Å². The number of carbonyl (C=O) groups excluding carboxylic acids is 3. The Labute approximate surface area is 177 Å². The van der Waals surface area contributed by atoms with Gasteiger partial charge in [0.1, 0.15) is 5.60 Å². The summed E-state index contributed by atoms with van der Waals surface area (Å²) in [6, 6.07) is -2.58. The number of carbonyl (C=O) groups is 3. The van der Waals surface area contributed by atoms with Crippen molar-refractivity contribution >= 4 is 18.0 Å². The highest BCUT2D eigenvalue weighted by Gasteiger charge is 2.45. The number of amides is 2. The highest BCUT2D eigenvalue weighted by Crippen LogP contribution is 2.35. The van der Waals surface area contributed by atoms with Crippen LogP contribution in [0.2, 0.25) is 0 Å². The van der Waals surface area contributed by atoms with Gasteiger partial charge in [0.25, 0.3) is 0 Å². The van der Waals surface area contributed by atoms with Crippen molar-refractivity contribution in [1.82, 2.24) is 10.6 Å². The molecule has 2 amide bonds. The maximum absolute atomic E-state index is 12.6. The summed E-state index contributed by atoms with van der Waals surface area (Å²) in [5.74, 6) is -1.14. The first-order valence-electron chi connectivity index (χ1n) is 10.1. The van der Waals surface area contributed by atoms with Crippen LogP contribution in [0.3, 0.4) is 0 Å². The van der Waals surface area contributed by atoms with Crippen LogP contribution < -0.4 is 10.6 Å². The Morgan fingerprint density at radius 1 is 1.20 bits per heavy atom. The molecule has 0 fully saturated rings. The number of ether oxygens (including phenoxy) is 2. The van der Waals surface area contributed by atoms with Crippen LogP contribution in [0, 0.1) is 11.8 Å². The molecule has 4 atom stereocenters. The first-order valence-corrected chi connectivity index (χ1v) is 10.1. The lowest BCUT2D eigenvalue weighted by Crippen LogP contribution is -2.63. The summed E-state index contributed by atoms with van der Waals surface area (Å²) in [5.41, 5.74) is 8.50. The van der Waals surface area contributed by atoms with E-state index in [1.165, 1.54) is 14.0 Å². The minimum atomic E-state index is -1.07. The molecule has 10 heteroatoms. The number of hydrogen-bond acceptors (Lipinski definition) is 6. The maximum atomic E-state index is 12.6. The third kappa shape index (κ3) is 6.66. The summed E-state index contributed by atoms with van der Waals surface area (Å²) in [4.78, 5) is 39.9. The van der Waals surface area contributed by atoms with E-state index in [2.05, 4.69) is 20.7 Å². The van der Waals surface area contributed by atoms with Crippen LogP contribution >= 0.6 is 0 Å². The van der Waals surface area contributed by atoms with Crippen molar-refractivity contribution < 1.29 is 23.9 Å². The standard InChI is InChI=1S/C20H33N5O5/c1-8-12(9-2)13-10-14(18(27)29-7)16(24-25-21)17(15(13)22-11(3)26)23-19(28)30-20(4,5)6/h10,12-13,15-17H,8-9H2,1-7H3,(H,22,26)(H,23,28)/t13-,15-,16+,17+/m0/s1. The fraction of sp³-hybridized carbons (Fsp3) is 0.750. The zero-order valence-electron chi connectivity index (χ0n) is 18.8. The van der Waals surface area contributed by atoms with E-state index in [1.54, 1.807) is 26.8 Å². The normalized spacial score (nSPS) is 23.7. The Morgan fingerprint density at radius 3 is 2.23 bits per heavy atom. The average molecular weight is 424 g/mol. The van der Waals surface area contributed by atoms with Gasteiger partial charge in [-0.2, -0.15) is 0 Å². The van der Waals surface area contributed by atoms with Crippen molar-refractivity contribution in [3.63, 3.8) is 0 Å². The van der Waals surface area contributed by atoms with Gasteiger partial charge in [-0.05, 0) is 32.2 Å². The van der Waals surface area contributed by atoms with Gasteiger partial charge in [-0.1, -0.05) is 37.9 Å². The predicted molar refractivity (Wildman–Crippen MR) is 111 cm³/mol. The largest absolute Gasteiger partial charge is 0.466 e. The number of alkyl carbamates (subject to hydrolysis) is 1. The monoisotopic (exact) mass is 423 g/mol. The van der Waals surface area contributed by atoms with E-state index in [1.807, 2.05) is 13.8 Å². The molecule has 10 nitrogen and oxygen atoms in total. The summed E-state index contributed by atoms with van der Waals surface area (Å²) < 4.78 is 10.2. The molecule has 0 heterocycles. The lowest BCUT2D eigenvalue weighted by atomic mass is 9.71. The summed E-state index contributed by atoms with van der Waals surface area (Å²) >= 11 is 0. The number of methoxy groups -OCH3 is 1. The summed E-state index contributed by atoms with van der Waals surface area (Å²) in [5, 5.41) is 9.35. The first kappa shape index (κ1) is 25.3. The molecule has 0 saturated carbocycles. The highest BCUT2D eigenvalue weighted by atomic mass is 16.6. The van der Waals surface area contributed by atoms with Crippen LogP contribution in [0.1, 0.15) is 54.4 Å². The molecule has 168 valence electrons. The summed E-state index contributed by atoms with van der Waals surface area (Å²) in [6.45, 7) is 10.6. The fourth-order valence-corrected chi connectivity index (χ4v) is 3.83. The molecule has 0 aromatic carbocycles. The molecule has 0 unspecified atom stereocenters. The third-order valence-electron chi connectivity index (χ3n) is 5.08. The van der Waals surface area contributed by atoms with E-state index in [0.717, 1.165) is 12.8 Å². The lowest BCUT2D eigenvalue weighted by molar-refractivity contribution is -0.136. The van der Waals surface area contributed by atoms with Crippen molar-refractivity contribution in [2.24, 2.45) is 17.0 Å². The molecule has 0 spiro atoms. The van der Waals surface area contributed by atoms with Gasteiger partial charge in [-0.25, -0.2) is 9.59 Å². The van der Waals surface area contributed by atoms with Gasteiger partial charge < -0.3 is 20.1 Å². The Morgan fingerprint density at radius 2 is 1.80 bits per heavy atom. The Kier molecular flexibility index (Phi) is 9.17. The van der Waals surface area contributed by atoms with Crippen LogP contribution in [0.4, 0.5) is 4.79 Å². The molecular formula is C20H33N5O5. The Bertz CT molecular complexity index is 720. The van der Waals surface area contributed by atoms with Crippen LogP contribution in [-0.4, -0.2) is 48.8 Å². The van der Waals surface area contributed by atoms with Crippen molar-refractivity contribution in [2.75, 3.05) is 7.11 Å². The highest BCUT2D eigenvalue weighted by molar-refractivity contribution is 5.90. The van der Waals surface area contributed by atoms with Crippen LogP contribution in [0.25, 0.3) is 10.4 Å². The molecule has 0 aliphatic heterocycles. The van der Waals surface area contributed by atoms with Gasteiger partial charge in [0.15, 0.2) is 0 Å². The van der Waals surface area contributed by atoms with Crippen molar-refractivity contribution in [3.8, 4) is 0 Å². The van der Waals surface area contributed by atoms with E-state index >= 15 is 0 Å². The predicted octanol–water partition coefficient (Wildman–Crippen LogP) is 3.23. The SMILES string of the molecule is CCC(CC)[C@@H]1C=C(C(=O)OC)[C@@H](N=[N+]=[N-])[C@H](NC(=O)OC(C)(C)C)[C@H]1NC(C)=O. The molecule has 0 bridgehead atoms. The van der Waals surface area contributed by atoms with Crippen LogP contribution in [0.5, 0.6) is 0 Å². The minimum Gasteiger partial charge on any atom is -0.466 e. The number of rotatable bonds is 7. The number of nitrogens with zero attached hydrogens (tertiary/aromatic N) is 3. The summed E-state index contributed by atoms with van der Waals surface area (Å²) in [7, 11) is 1.23. The van der Waals surface area contributed by atoms with Gasteiger partial charge in [0.2, 0.25) is 5.91 Å². The molecule has 2 N–H and O–H groups in total. The zero-order chi connectivity index (χ0) is 23.1. The molecule has 30 heavy (non-hydrogen) atoms. The van der Waals surface area contributed by atoms with Crippen molar-refractivity contribution in [2.45, 2.75) is 78.1 Å². The number of esters is 1. The van der Waals surface area contributed by atoms with Crippen molar-refractivity contribution in [3.05, 3.63) is 22.1 Å². The minimum absolute atomic E-state index is 0.108. The second-order valence-corrected chi connectivity index (χ2v) is 8.32. The van der Waals surface area contributed by atoms with Crippen molar-refractivity contribution in [1.29, 1.82) is 0 Å². The van der Waals surface area contributed by atoms with Gasteiger partial charge in [-0.3, -0.25) is 4.79 Å². The first-order chi connectivity index (χ1) is 14.0. The molecule has 1 aliphatic carbocycles. The quantitative estimate of drug-likeness (QED) is 0.280. The molecule has 0 aromatic rings. The Hall–Kier alpha value is -2.74. The van der Waals surface area contributed by atoms with Gasteiger partial charge in [0, 0.05) is 23.3 Å². The van der Waals surface area contributed by atoms with E-state index in [-0.39, 0.29) is 23.3 Å². The topological polar surface area (TPSA) is 142 Å². The number of hydrogen-bond donors (Lipinski definition) is 2. The molecule has 0 saturated heterocycles. The molecule has 1 rings (SSSR count). The molecular weight excluding hydrogens is 390 g/mol. The number of azide groups is 1. The van der Waals surface area contributed by atoms with E-state index in [0.29, 0.717) is 0 Å². The fourth-order valence-electron chi connectivity index (χ4n) is 3.83. The van der Waals surface area contributed by atoms with Gasteiger partial charge >= 0.3 is 12.1 Å². The van der Waals surface area contributed by atoms with E-state index in [9.17, 15) is 14.4 Å². The Balaban J connectivity index is 3.57. The summed E-state index contributed by atoms with van der Waals surface area (Å²) in [6.07, 6.45) is 2.54. The third-order valence-corrected chi connectivity index (χ3v) is 5.08. The van der Waals surface area contributed by atoms with Gasteiger partial charge in [0.05, 0.1) is 25.2 Å². The average Bonchev–Trinajstić information content (AvgIpc) is 2.64. The lowest BCUT2D eigenvalue weighted by Gasteiger charge is -2.43. The molecule has 1 aliphatic rings. The molecule has 0 radical (unpaired) electrons. The maximum Gasteiger partial charge on any atom is 0.407 e.